The quantitative estimate of drug-likeness (QED) is 0.474. The minimum Gasteiger partial charge on any atom is -0.481 e. The summed E-state index contributed by atoms with van der Waals surface area (Å²) in [5.74, 6) is -2.11. The highest BCUT2D eigenvalue weighted by Crippen LogP contribution is 2.66. The van der Waals surface area contributed by atoms with Gasteiger partial charge in [-0.1, -0.05) is 6.92 Å². The summed E-state index contributed by atoms with van der Waals surface area (Å²) in [6, 6.07) is 0. The molecule has 0 aromatic heterocycles. The minimum atomic E-state index is -1.15. The van der Waals surface area contributed by atoms with E-state index in [1.807, 2.05) is 0 Å². The molecule has 0 bridgehead atoms. The lowest BCUT2D eigenvalue weighted by Gasteiger charge is -2.14. The minimum absolute atomic E-state index is 0.454. The van der Waals surface area contributed by atoms with Crippen molar-refractivity contribution in [1.29, 1.82) is 0 Å². The summed E-state index contributed by atoms with van der Waals surface area (Å²) in [6.07, 6.45) is -2.29. The molecule has 2 fully saturated rings. The van der Waals surface area contributed by atoms with Crippen LogP contribution in [0.2, 0.25) is 0 Å². The summed E-state index contributed by atoms with van der Waals surface area (Å²) >= 11 is 0. The molecule has 68 valence electrons. The fourth-order valence-corrected chi connectivity index (χ4v) is 2.14. The Morgan fingerprint density at radius 1 is 1.50 bits per heavy atom. The Morgan fingerprint density at radius 2 is 2.08 bits per heavy atom. The number of carbonyl (C=O) groups is 1. The van der Waals surface area contributed by atoms with Crippen LogP contribution in [0.15, 0.2) is 0 Å². The van der Waals surface area contributed by atoms with E-state index in [4.69, 9.17) is 10.2 Å². The van der Waals surface area contributed by atoms with Crippen molar-refractivity contribution in [3.05, 3.63) is 0 Å². The Labute approximate surface area is 68.6 Å². The van der Waals surface area contributed by atoms with Gasteiger partial charge in [-0.3, -0.25) is 4.79 Å². The maximum Gasteiger partial charge on any atom is 0.307 e. The molecule has 0 radical (unpaired) electrons. The number of carboxylic acids is 1. The number of aliphatic carboxylic acids is 1. The van der Waals surface area contributed by atoms with E-state index in [-0.39, 0.29) is 0 Å². The van der Waals surface area contributed by atoms with Crippen LogP contribution in [-0.2, 0) is 9.53 Å². The second-order valence-corrected chi connectivity index (χ2v) is 3.59. The highest BCUT2D eigenvalue weighted by Gasteiger charge is 2.76. The summed E-state index contributed by atoms with van der Waals surface area (Å²) in [6.45, 7) is 1.61. The van der Waals surface area contributed by atoms with Crippen LogP contribution in [0.1, 0.15) is 6.92 Å². The molecule has 1 aliphatic carbocycles. The van der Waals surface area contributed by atoms with Crippen molar-refractivity contribution in [3.8, 4) is 0 Å². The van der Waals surface area contributed by atoms with Gasteiger partial charge in [-0.05, 0) is 0 Å². The molecule has 0 spiro atoms. The molecule has 5 heteroatoms. The average molecular weight is 174 g/mol. The summed E-state index contributed by atoms with van der Waals surface area (Å²) in [5.41, 5.74) is -0.786. The summed E-state index contributed by atoms with van der Waals surface area (Å²) < 4.78 is 4.65. The third kappa shape index (κ3) is 0.663. The first-order valence-corrected chi connectivity index (χ1v) is 3.74. The largest absolute Gasteiger partial charge is 0.481 e. The first-order valence-electron chi connectivity index (χ1n) is 3.74. The Balaban J connectivity index is 2.24. The SMILES string of the molecule is CC12C(O)OC(O)C1C2C(=O)O. The zero-order chi connectivity index (χ0) is 9.09. The molecule has 3 N–H and O–H groups in total. The third-order valence-electron chi connectivity index (χ3n) is 3.01. The van der Waals surface area contributed by atoms with Crippen molar-refractivity contribution in [2.24, 2.45) is 17.3 Å². The zero-order valence-electron chi connectivity index (χ0n) is 6.47. The monoisotopic (exact) mass is 174 g/mol. The predicted molar refractivity (Wildman–Crippen MR) is 35.8 cm³/mol. The Kier molecular flexibility index (Phi) is 1.32. The maximum atomic E-state index is 10.6. The van der Waals surface area contributed by atoms with Gasteiger partial charge in [0.1, 0.15) is 0 Å². The summed E-state index contributed by atoms with van der Waals surface area (Å²) in [7, 11) is 0. The second-order valence-electron chi connectivity index (χ2n) is 3.59. The number of carboxylic acid groups (broad SMARTS) is 1. The van der Waals surface area contributed by atoms with E-state index in [0.717, 1.165) is 0 Å². The van der Waals surface area contributed by atoms with Gasteiger partial charge in [0.2, 0.25) is 0 Å². The van der Waals surface area contributed by atoms with Crippen LogP contribution in [0.3, 0.4) is 0 Å². The molecule has 1 saturated carbocycles. The Bertz CT molecular complexity index is 240. The number of fused-ring (bicyclic) bond motifs is 1. The van der Waals surface area contributed by atoms with Gasteiger partial charge in [0.05, 0.1) is 5.92 Å². The van der Waals surface area contributed by atoms with Gasteiger partial charge in [-0.25, -0.2) is 0 Å². The first kappa shape index (κ1) is 7.97. The van der Waals surface area contributed by atoms with Crippen LogP contribution in [0.25, 0.3) is 0 Å². The smallest absolute Gasteiger partial charge is 0.307 e. The van der Waals surface area contributed by atoms with Gasteiger partial charge in [0, 0.05) is 11.3 Å². The molecule has 1 aliphatic heterocycles. The van der Waals surface area contributed by atoms with Crippen LogP contribution in [-0.4, -0.2) is 33.9 Å². The van der Waals surface area contributed by atoms with E-state index in [2.05, 4.69) is 4.74 Å². The standard InChI is InChI=1S/C7H10O5/c1-7-2(4(8)9)3(7)5(10)12-6(7)11/h2-3,5-6,10-11H,1H3,(H,8,9). The molecule has 5 unspecified atom stereocenters. The topological polar surface area (TPSA) is 87.0 Å². The van der Waals surface area contributed by atoms with Gasteiger partial charge in [0.25, 0.3) is 0 Å². The molecule has 1 saturated heterocycles. The lowest BCUT2D eigenvalue weighted by molar-refractivity contribution is -0.202. The van der Waals surface area contributed by atoms with Crippen molar-refractivity contribution < 1.29 is 24.9 Å². The molecule has 1 heterocycles. The molecule has 2 aliphatic rings. The third-order valence-corrected chi connectivity index (χ3v) is 3.01. The van der Waals surface area contributed by atoms with Gasteiger partial charge < -0.3 is 20.1 Å². The van der Waals surface area contributed by atoms with Crippen LogP contribution in [0, 0.1) is 17.3 Å². The number of rotatable bonds is 1. The Hall–Kier alpha value is -0.650. The van der Waals surface area contributed by atoms with Crippen LogP contribution in [0.4, 0.5) is 0 Å². The van der Waals surface area contributed by atoms with E-state index in [9.17, 15) is 9.90 Å². The van der Waals surface area contributed by atoms with E-state index in [1.54, 1.807) is 6.92 Å². The number of aliphatic hydroxyl groups excluding tert-OH is 2. The van der Waals surface area contributed by atoms with Crippen LogP contribution >= 0.6 is 0 Å². The van der Waals surface area contributed by atoms with Crippen molar-refractivity contribution in [2.75, 3.05) is 0 Å². The predicted octanol–water partition coefficient (Wildman–Crippen LogP) is -1.01. The van der Waals surface area contributed by atoms with Crippen molar-refractivity contribution in [1.82, 2.24) is 0 Å². The van der Waals surface area contributed by atoms with Crippen molar-refractivity contribution >= 4 is 5.97 Å². The number of hydrogen-bond acceptors (Lipinski definition) is 4. The molecule has 0 aromatic rings. The molecule has 0 amide bonds. The molecular weight excluding hydrogens is 164 g/mol. The number of ether oxygens (including phenoxy) is 1. The van der Waals surface area contributed by atoms with Gasteiger partial charge >= 0.3 is 5.97 Å². The highest BCUT2D eigenvalue weighted by atomic mass is 16.7. The van der Waals surface area contributed by atoms with E-state index < -0.39 is 35.8 Å². The van der Waals surface area contributed by atoms with E-state index >= 15 is 0 Å². The normalized spacial score (nSPS) is 56.6. The van der Waals surface area contributed by atoms with Crippen LogP contribution in [0.5, 0.6) is 0 Å². The fraction of sp³-hybridized carbons (Fsp3) is 0.857. The second kappa shape index (κ2) is 1.99. The first-order chi connectivity index (χ1) is 5.49. The maximum absolute atomic E-state index is 10.6. The van der Waals surface area contributed by atoms with Crippen molar-refractivity contribution in [2.45, 2.75) is 19.5 Å². The molecule has 2 rings (SSSR count). The number of aliphatic hydroxyl groups is 2. The average Bonchev–Trinajstić information content (AvgIpc) is 2.51. The van der Waals surface area contributed by atoms with Gasteiger partial charge in [-0.2, -0.15) is 0 Å². The van der Waals surface area contributed by atoms with Crippen molar-refractivity contribution in [3.63, 3.8) is 0 Å². The summed E-state index contributed by atoms with van der Waals surface area (Å²) in [4.78, 5) is 10.6. The fourth-order valence-electron chi connectivity index (χ4n) is 2.14. The molecule has 12 heavy (non-hydrogen) atoms. The molecular formula is C7H10O5. The van der Waals surface area contributed by atoms with Gasteiger partial charge in [0.15, 0.2) is 12.6 Å². The van der Waals surface area contributed by atoms with Crippen LogP contribution < -0.4 is 0 Å². The molecule has 5 atom stereocenters. The zero-order valence-corrected chi connectivity index (χ0v) is 6.47. The lowest BCUT2D eigenvalue weighted by Crippen LogP contribution is -2.26. The van der Waals surface area contributed by atoms with E-state index in [1.165, 1.54) is 0 Å². The lowest BCUT2D eigenvalue weighted by atomic mass is 10.1. The summed E-state index contributed by atoms with van der Waals surface area (Å²) in [5, 5.41) is 27.1. The highest BCUT2D eigenvalue weighted by molar-refractivity contribution is 5.76. The van der Waals surface area contributed by atoms with E-state index in [0.29, 0.717) is 0 Å². The van der Waals surface area contributed by atoms with Gasteiger partial charge in [-0.15, -0.1) is 0 Å². The Morgan fingerprint density at radius 3 is 2.33 bits per heavy atom. The molecule has 0 aromatic carbocycles. The molecule has 5 nitrogen and oxygen atoms in total. The number of hydrogen-bond donors (Lipinski definition) is 3.